The lowest BCUT2D eigenvalue weighted by Gasteiger charge is -2.14. The van der Waals surface area contributed by atoms with Crippen molar-refractivity contribution in [2.75, 3.05) is 17.7 Å². The van der Waals surface area contributed by atoms with E-state index in [0.29, 0.717) is 12.0 Å². The first-order valence-electron chi connectivity index (χ1n) is 5.28. The Morgan fingerprint density at radius 2 is 2.21 bits per heavy atom. The molecule has 0 aliphatic carbocycles. The minimum Gasteiger partial charge on any atom is -0.388 e. The number of rotatable bonds is 2. The lowest BCUT2D eigenvalue weighted by Crippen LogP contribution is -2.21. The standard InChI is InChI=1S/C12H18N2/c1-8(2)12-7-9-6-10(13-3)4-5-11(9)14-12/h4-6,8,12-14H,7H2,1-3H3. The Labute approximate surface area is 85.7 Å². The summed E-state index contributed by atoms with van der Waals surface area (Å²) in [5.41, 5.74) is 3.95. The van der Waals surface area contributed by atoms with E-state index in [4.69, 9.17) is 0 Å². The van der Waals surface area contributed by atoms with Crippen LogP contribution in [0.1, 0.15) is 19.4 Å². The normalized spacial score (nSPS) is 19.3. The maximum Gasteiger partial charge on any atom is 0.0377 e. The molecule has 0 bridgehead atoms. The summed E-state index contributed by atoms with van der Waals surface area (Å²) >= 11 is 0. The van der Waals surface area contributed by atoms with Gasteiger partial charge in [0.25, 0.3) is 0 Å². The average Bonchev–Trinajstić information content (AvgIpc) is 2.59. The van der Waals surface area contributed by atoms with Gasteiger partial charge in [0.05, 0.1) is 0 Å². The molecule has 2 nitrogen and oxygen atoms in total. The second-order valence-corrected chi connectivity index (χ2v) is 4.32. The molecule has 0 radical (unpaired) electrons. The molecule has 1 aliphatic rings. The predicted molar refractivity (Wildman–Crippen MR) is 61.9 cm³/mol. The summed E-state index contributed by atoms with van der Waals surface area (Å²) < 4.78 is 0. The summed E-state index contributed by atoms with van der Waals surface area (Å²) in [5, 5.41) is 6.73. The number of fused-ring (bicyclic) bond motifs is 1. The highest BCUT2D eigenvalue weighted by Crippen LogP contribution is 2.30. The summed E-state index contributed by atoms with van der Waals surface area (Å²) in [6.45, 7) is 4.53. The molecular formula is C12H18N2. The van der Waals surface area contributed by atoms with Gasteiger partial charge in [0.2, 0.25) is 0 Å². The zero-order valence-electron chi connectivity index (χ0n) is 9.09. The van der Waals surface area contributed by atoms with E-state index in [9.17, 15) is 0 Å². The number of hydrogen-bond donors (Lipinski definition) is 2. The van der Waals surface area contributed by atoms with Crippen LogP contribution in [-0.4, -0.2) is 13.1 Å². The zero-order valence-corrected chi connectivity index (χ0v) is 9.09. The maximum absolute atomic E-state index is 3.56. The van der Waals surface area contributed by atoms with Crippen molar-refractivity contribution in [2.45, 2.75) is 26.3 Å². The molecule has 0 spiro atoms. The minimum absolute atomic E-state index is 0.608. The summed E-state index contributed by atoms with van der Waals surface area (Å²) in [5.74, 6) is 0.695. The minimum atomic E-state index is 0.608. The van der Waals surface area contributed by atoms with Gasteiger partial charge in [-0.2, -0.15) is 0 Å². The molecule has 1 aromatic rings. The summed E-state index contributed by atoms with van der Waals surface area (Å²) in [6.07, 6.45) is 1.16. The van der Waals surface area contributed by atoms with Crippen LogP contribution in [0.4, 0.5) is 11.4 Å². The van der Waals surface area contributed by atoms with Gasteiger partial charge in [0.15, 0.2) is 0 Å². The molecule has 1 aromatic carbocycles. The fourth-order valence-corrected chi connectivity index (χ4v) is 1.95. The molecule has 1 unspecified atom stereocenters. The third kappa shape index (κ3) is 1.57. The predicted octanol–water partition coefficient (Wildman–Crippen LogP) is 2.72. The molecule has 1 atom stereocenters. The summed E-state index contributed by atoms with van der Waals surface area (Å²) in [7, 11) is 1.96. The van der Waals surface area contributed by atoms with Crippen LogP contribution in [0.3, 0.4) is 0 Å². The zero-order chi connectivity index (χ0) is 10.1. The highest BCUT2D eigenvalue weighted by molar-refractivity contribution is 5.63. The molecule has 0 saturated carbocycles. The van der Waals surface area contributed by atoms with E-state index in [1.807, 2.05) is 7.05 Å². The van der Waals surface area contributed by atoms with Crippen LogP contribution in [0.2, 0.25) is 0 Å². The van der Waals surface area contributed by atoms with Gasteiger partial charge in [0.1, 0.15) is 0 Å². The van der Waals surface area contributed by atoms with Gasteiger partial charge in [-0.15, -0.1) is 0 Å². The van der Waals surface area contributed by atoms with Crippen molar-refractivity contribution in [3.8, 4) is 0 Å². The number of hydrogen-bond acceptors (Lipinski definition) is 2. The van der Waals surface area contributed by atoms with E-state index >= 15 is 0 Å². The Bertz CT molecular complexity index is 331. The SMILES string of the molecule is CNc1ccc2c(c1)CC(C(C)C)N2. The summed E-state index contributed by atoms with van der Waals surface area (Å²) in [6, 6.07) is 7.14. The van der Waals surface area contributed by atoms with Crippen molar-refractivity contribution in [1.82, 2.24) is 0 Å². The first-order valence-corrected chi connectivity index (χ1v) is 5.28. The number of nitrogens with one attached hydrogen (secondary N) is 2. The van der Waals surface area contributed by atoms with Gasteiger partial charge in [0, 0.05) is 24.5 Å². The molecule has 0 fully saturated rings. The van der Waals surface area contributed by atoms with Crippen LogP contribution in [0, 0.1) is 5.92 Å². The smallest absolute Gasteiger partial charge is 0.0377 e. The van der Waals surface area contributed by atoms with Crippen LogP contribution in [-0.2, 0) is 6.42 Å². The maximum atomic E-state index is 3.56. The fourth-order valence-electron chi connectivity index (χ4n) is 1.95. The Hall–Kier alpha value is -1.18. The number of anilines is 2. The lowest BCUT2D eigenvalue weighted by molar-refractivity contribution is 0.538. The third-order valence-corrected chi connectivity index (χ3v) is 2.98. The van der Waals surface area contributed by atoms with Crippen molar-refractivity contribution in [3.05, 3.63) is 23.8 Å². The molecule has 1 aliphatic heterocycles. The topological polar surface area (TPSA) is 24.1 Å². The van der Waals surface area contributed by atoms with Gasteiger partial charge in [-0.05, 0) is 36.1 Å². The second-order valence-electron chi connectivity index (χ2n) is 4.32. The Balaban J connectivity index is 2.22. The number of benzene rings is 1. The molecule has 76 valence electrons. The van der Waals surface area contributed by atoms with Crippen molar-refractivity contribution >= 4 is 11.4 Å². The molecule has 0 saturated heterocycles. The van der Waals surface area contributed by atoms with Crippen molar-refractivity contribution in [1.29, 1.82) is 0 Å². The van der Waals surface area contributed by atoms with E-state index in [1.54, 1.807) is 0 Å². The van der Waals surface area contributed by atoms with Gasteiger partial charge in [-0.1, -0.05) is 13.8 Å². The molecule has 2 rings (SSSR count). The van der Waals surface area contributed by atoms with Crippen LogP contribution >= 0.6 is 0 Å². The quantitative estimate of drug-likeness (QED) is 0.749. The fraction of sp³-hybridized carbons (Fsp3) is 0.500. The van der Waals surface area contributed by atoms with Crippen LogP contribution in [0.5, 0.6) is 0 Å². The van der Waals surface area contributed by atoms with E-state index in [2.05, 4.69) is 42.7 Å². The molecular weight excluding hydrogens is 172 g/mol. The Kier molecular flexibility index (Phi) is 2.36. The Morgan fingerprint density at radius 1 is 1.43 bits per heavy atom. The van der Waals surface area contributed by atoms with Crippen molar-refractivity contribution in [2.24, 2.45) is 5.92 Å². The third-order valence-electron chi connectivity index (χ3n) is 2.98. The summed E-state index contributed by atoms with van der Waals surface area (Å²) in [4.78, 5) is 0. The molecule has 2 heteroatoms. The van der Waals surface area contributed by atoms with E-state index in [1.165, 1.54) is 16.9 Å². The highest BCUT2D eigenvalue weighted by Gasteiger charge is 2.22. The van der Waals surface area contributed by atoms with Gasteiger partial charge < -0.3 is 10.6 Å². The Morgan fingerprint density at radius 3 is 2.86 bits per heavy atom. The molecule has 0 amide bonds. The van der Waals surface area contributed by atoms with Crippen molar-refractivity contribution < 1.29 is 0 Å². The highest BCUT2D eigenvalue weighted by atomic mass is 15.0. The van der Waals surface area contributed by atoms with Crippen LogP contribution < -0.4 is 10.6 Å². The van der Waals surface area contributed by atoms with Crippen LogP contribution in [0.15, 0.2) is 18.2 Å². The first kappa shape index (κ1) is 9.38. The van der Waals surface area contributed by atoms with Gasteiger partial charge in [-0.3, -0.25) is 0 Å². The van der Waals surface area contributed by atoms with Crippen LogP contribution in [0.25, 0.3) is 0 Å². The first-order chi connectivity index (χ1) is 6.70. The van der Waals surface area contributed by atoms with E-state index in [0.717, 1.165) is 6.42 Å². The monoisotopic (exact) mass is 190 g/mol. The lowest BCUT2D eigenvalue weighted by atomic mass is 10.0. The van der Waals surface area contributed by atoms with Crippen molar-refractivity contribution in [3.63, 3.8) is 0 Å². The molecule has 0 aromatic heterocycles. The van der Waals surface area contributed by atoms with E-state index in [-0.39, 0.29) is 0 Å². The average molecular weight is 190 g/mol. The second kappa shape index (κ2) is 3.52. The molecule has 14 heavy (non-hydrogen) atoms. The molecule has 2 N–H and O–H groups in total. The molecule has 1 heterocycles. The largest absolute Gasteiger partial charge is 0.388 e. The van der Waals surface area contributed by atoms with Gasteiger partial charge >= 0.3 is 0 Å². The van der Waals surface area contributed by atoms with E-state index < -0.39 is 0 Å². The van der Waals surface area contributed by atoms with Gasteiger partial charge in [-0.25, -0.2) is 0 Å².